The second-order valence-electron chi connectivity index (χ2n) is 11.0. The fourth-order valence-corrected chi connectivity index (χ4v) is 0.447. The Kier molecular flexibility index (Phi) is 109. The lowest BCUT2D eigenvalue weighted by molar-refractivity contribution is -0.110. The number of rotatable bonds is 16. The third kappa shape index (κ3) is 320. The standard InChI is InChI=1S/C2H3F3.C2H8NO3P.C2H7O4P.2C2H7O3P.C2H6O3S.CH4ClO3P.CH6NO2PS.CH5N.2CH5O4P.CH4O4S.CH5O3PS.CH3O3P.CH5O2PS2.CH3O2PS/c1-2(3,4)5;1-6-7(4,5)2-3;1-5-7(3,4)6-2;1-5-6(2,3)4;2*1-2-6(3,4)5;1-5-6(2,3)4;1-2-5(3,4)6;1-2;3*1-5-6(2,3)4;1-4-5(2,3)6;1-4-5(2)3;1-3-4(2,5)6;1-3-4(2)5/h1H3;2-3H2,1H3,(H,4,5);1-2H3,(H,3,4);1-2H3,(H,3,4);2H2,1H3,(H2,3,4,5);2H2,1H3,(H,3,4,5);1H3,(H,3,4);1H3,(H3,2,3,4,6);2H2,1H3;2*1H3,(H2,2,3,4);1H3,(H,2,3,4);1H3,(H2,2,3,6);1H3;1H3,(H2,2,5,6);1H3/p+2. The summed E-state index contributed by atoms with van der Waals surface area (Å²) in [6.07, 6.45) is -4.38. The fraction of sp³-hybridized carbons (Fsp3) is 1.00. The summed E-state index contributed by atoms with van der Waals surface area (Å²) < 4.78 is 218. The molecule has 6 unspecified atom stereocenters. The molecule has 69 heteroatoms. The molecular formula is C22H85ClF3N3O43P12S7+2. The molecule has 23 N–H and O–H groups in total. The molecule has 0 aliphatic rings. The number of phosphoric acid groups is 3. The van der Waals surface area contributed by atoms with E-state index in [-0.39, 0.29) is 25.1 Å². The molecule has 46 nitrogen and oxygen atoms in total. The number of nitrogens with one attached hydrogen (secondary N) is 1. The Labute approximate surface area is 556 Å². The third-order valence-electron chi connectivity index (χ3n) is 4.08. The number of halogens is 4. The number of hydrogen-bond acceptors (Lipinski definition) is 30. The topological polar surface area (TPSA) is 761 Å². The molecule has 0 saturated heterocycles. The van der Waals surface area contributed by atoms with Crippen LogP contribution in [-0.2, 0) is 151 Å². The molecule has 0 rings (SSSR count). The van der Waals surface area contributed by atoms with Crippen molar-refractivity contribution in [3.05, 3.63) is 0 Å². The molecule has 0 bridgehead atoms. The largest absolute Gasteiger partial charge is 0.694 e. The predicted octanol–water partition coefficient (Wildman–Crippen LogP) is 3.18. The van der Waals surface area contributed by atoms with Gasteiger partial charge in [-0.2, -0.15) is 30.0 Å². The average Bonchev–Trinajstić information content (AvgIpc) is 3.39. The van der Waals surface area contributed by atoms with Crippen LogP contribution in [0.3, 0.4) is 0 Å². The van der Waals surface area contributed by atoms with E-state index >= 15 is 0 Å². The van der Waals surface area contributed by atoms with E-state index in [4.69, 9.17) is 93.1 Å². The maximum Gasteiger partial charge on any atom is 0.694 e. The molecule has 0 saturated carbocycles. The lowest BCUT2D eigenvalue weighted by Gasteiger charge is -2.01. The predicted molar refractivity (Wildman–Crippen MR) is 345 cm³/mol. The van der Waals surface area contributed by atoms with Crippen LogP contribution in [-0.4, -0.2) is 235 Å². The van der Waals surface area contributed by atoms with E-state index < -0.39 is 114 Å². The second kappa shape index (κ2) is 74.3. The first-order chi connectivity index (χ1) is 39.4. The molecule has 0 heterocycles. The molecule has 0 fully saturated rings. The van der Waals surface area contributed by atoms with Crippen molar-refractivity contribution in [2.24, 2.45) is 11.5 Å². The lowest BCUT2D eigenvalue weighted by atomic mass is 10.8. The summed E-state index contributed by atoms with van der Waals surface area (Å²) in [6, 6.07) is 0. The summed E-state index contributed by atoms with van der Waals surface area (Å²) in [4.78, 5) is 128. The molecule has 0 aliphatic heterocycles. The van der Waals surface area contributed by atoms with Crippen molar-refractivity contribution in [1.82, 2.24) is 5.09 Å². The first kappa shape index (κ1) is 134. The second-order valence-corrected chi connectivity index (χ2v) is 40.5. The van der Waals surface area contributed by atoms with E-state index in [1.165, 1.54) is 56.4 Å². The minimum absolute atomic E-state index is 0.0625. The van der Waals surface area contributed by atoms with Gasteiger partial charge in [-0.1, -0.05) is 19.2 Å². The van der Waals surface area contributed by atoms with Crippen molar-refractivity contribution in [3.63, 3.8) is 0 Å². The van der Waals surface area contributed by atoms with Gasteiger partial charge in [0, 0.05) is 99.5 Å². The van der Waals surface area contributed by atoms with Crippen molar-refractivity contribution in [3.8, 4) is 0 Å². The minimum atomic E-state index is -4.16. The van der Waals surface area contributed by atoms with Gasteiger partial charge in [-0.3, -0.25) is 45.1 Å². The van der Waals surface area contributed by atoms with Crippen molar-refractivity contribution in [2.75, 3.05) is 124 Å². The van der Waals surface area contributed by atoms with Crippen molar-refractivity contribution >= 4 is 179 Å². The maximum atomic E-state index is 10.4. The summed E-state index contributed by atoms with van der Waals surface area (Å²) in [6.45, 7) is -5.92. The Morgan fingerprint density at radius 2 is 0.769 bits per heavy atom. The fourth-order valence-electron chi connectivity index (χ4n) is 0.149. The van der Waals surface area contributed by atoms with Gasteiger partial charge in [0.25, 0.3) is 16.8 Å². The Balaban J connectivity index is -0.0000000472. The van der Waals surface area contributed by atoms with Gasteiger partial charge in [0.05, 0.1) is 33.4 Å². The normalized spacial score (nSPS) is 13.7. The summed E-state index contributed by atoms with van der Waals surface area (Å²) >= 11 is 23.9. The molecule has 0 radical (unpaired) electrons. The highest BCUT2D eigenvalue weighted by molar-refractivity contribution is 8.59. The summed E-state index contributed by atoms with van der Waals surface area (Å²) in [5, 5.41) is 2.14. The minimum Gasteiger partial charge on any atom is -0.338 e. The Morgan fingerprint density at radius 1 is 0.593 bits per heavy atom. The summed E-state index contributed by atoms with van der Waals surface area (Å²) in [5.41, 5.74) is 6.66. The molecule has 0 spiro atoms. The van der Waals surface area contributed by atoms with Crippen molar-refractivity contribution in [1.29, 1.82) is 0 Å². The molecular weight excluding hydrogens is 1680 g/mol. The Hall–Kier alpha value is 3.12. The zero-order chi connectivity index (χ0) is 79.0. The zero-order valence-electron chi connectivity index (χ0n) is 50.3. The molecule has 0 aliphatic carbocycles. The average molecular weight is 1770 g/mol. The molecule has 574 valence electrons. The van der Waals surface area contributed by atoms with Gasteiger partial charge in [-0.05, 0) is 61.0 Å². The van der Waals surface area contributed by atoms with Crippen molar-refractivity contribution < 1.29 is 212 Å². The molecule has 6 atom stereocenters. The SMILES string of the molecule is CC(F)(F)F.CCP(=O)(O)O.CCS(=O)(=O)O.CN.CNP(O)(O)=S.COP(=O)(O)CN.COP(=O)(O)Cl.COP(=O)(O)O.COP(=O)(O)O.COP(=O)(O)OC.COP(C)(=O)O.COP(O)(=S)S.COP(O)(O)=S.COS(=O)(=O)O.CO[P+](=O)O.CO[P+](=O)S. The van der Waals surface area contributed by atoms with Crippen molar-refractivity contribution in [2.45, 2.75) is 26.9 Å². The zero-order valence-corrected chi connectivity index (χ0v) is 67.7. The van der Waals surface area contributed by atoms with Crippen LogP contribution in [0, 0.1) is 0 Å². The molecule has 0 amide bonds. The van der Waals surface area contributed by atoms with Crippen LogP contribution in [0.2, 0.25) is 0 Å². The monoisotopic (exact) mass is 1770 g/mol. The van der Waals surface area contributed by atoms with E-state index in [9.17, 15) is 71.1 Å². The number of hydrogen-bond donors (Lipinski definition) is 23. The van der Waals surface area contributed by atoms with Crippen LogP contribution in [0.15, 0.2) is 0 Å². The third-order valence-corrected chi connectivity index (χ3v) is 15.1. The highest BCUT2D eigenvalue weighted by atomic mass is 35.7. The van der Waals surface area contributed by atoms with Gasteiger partial charge < -0.3 is 107 Å². The van der Waals surface area contributed by atoms with Crippen LogP contribution in [0.25, 0.3) is 0 Å². The summed E-state index contributed by atoms with van der Waals surface area (Å²) in [7, 11) is -17.7. The van der Waals surface area contributed by atoms with Gasteiger partial charge in [0.15, 0.2) is 0 Å². The first-order valence-electron chi connectivity index (χ1n) is 19.6. The van der Waals surface area contributed by atoms with Crippen LogP contribution in [0.5, 0.6) is 0 Å². The van der Waals surface area contributed by atoms with Gasteiger partial charge >= 0.3 is 92.0 Å². The van der Waals surface area contributed by atoms with Crippen LogP contribution in [0.4, 0.5) is 13.2 Å². The number of thiol groups is 2. The lowest BCUT2D eigenvalue weighted by Crippen LogP contribution is -2.00. The van der Waals surface area contributed by atoms with E-state index in [0.717, 1.165) is 63.5 Å². The Bertz CT molecular complexity index is 2070. The molecule has 0 aromatic carbocycles. The number of nitrogens with two attached hydrogens (primary N) is 2. The highest BCUT2D eigenvalue weighted by Crippen LogP contribution is 2.46. The smallest absolute Gasteiger partial charge is 0.338 e. The van der Waals surface area contributed by atoms with E-state index in [1.807, 2.05) is 0 Å². The number of phosphoric ester groups is 3. The van der Waals surface area contributed by atoms with Gasteiger partial charge in [-0.15, -0.1) is 13.9 Å². The first-order valence-corrected chi connectivity index (χ1v) is 47.8. The molecule has 0 aromatic rings. The van der Waals surface area contributed by atoms with Crippen LogP contribution < -0.4 is 16.6 Å². The number of alkyl halides is 3. The van der Waals surface area contributed by atoms with Crippen LogP contribution in [0.1, 0.15) is 20.8 Å². The van der Waals surface area contributed by atoms with E-state index in [0.29, 0.717) is 0 Å². The maximum absolute atomic E-state index is 10.4. The molecule has 91 heavy (non-hydrogen) atoms. The van der Waals surface area contributed by atoms with Gasteiger partial charge in [0.1, 0.15) is 12.2 Å². The van der Waals surface area contributed by atoms with Gasteiger partial charge in [0.2, 0.25) is 5.69 Å². The highest BCUT2D eigenvalue weighted by Gasteiger charge is 2.16. The quantitative estimate of drug-likeness (QED) is 0.0599. The van der Waals surface area contributed by atoms with Crippen LogP contribution >= 0.6 is 123 Å². The summed E-state index contributed by atoms with van der Waals surface area (Å²) in [5.74, 6) is -0.201. The Morgan fingerprint density at radius 3 is 0.769 bits per heavy atom. The van der Waals surface area contributed by atoms with Gasteiger partial charge in [-0.25, -0.2) is 23.3 Å². The molecule has 0 aromatic heterocycles. The van der Waals surface area contributed by atoms with E-state index in [1.54, 1.807) is 0 Å². The van der Waals surface area contributed by atoms with E-state index in [2.05, 4.69) is 136 Å².